The van der Waals surface area contributed by atoms with E-state index < -0.39 is 45.7 Å². The van der Waals surface area contributed by atoms with Crippen molar-refractivity contribution in [3.05, 3.63) is 29.6 Å². The van der Waals surface area contributed by atoms with Crippen molar-refractivity contribution in [2.45, 2.75) is 44.3 Å². The topological polar surface area (TPSA) is 64.6 Å². The molecule has 0 aromatic heterocycles. The molecular formula is C15H19F4NO4S. The number of methoxy groups -OCH3 is 1. The van der Waals surface area contributed by atoms with Crippen LogP contribution in [0.25, 0.3) is 0 Å². The summed E-state index contributed by atoms with van der Waals surface area (Å²) in [7, 11) is -0.490. The van der Waals surface area contributed by atoms with Crippen LogP contribution in [0.1, 0.15) is 38.8 Å². The highest BCUT2D eigenvalue weighted by molar-refractivity contribution is 7.84. The van der Waals surface area contributed by atoms with Crippen molar-refractivity contribution in [1.82, 2.24) is 4.72 Å². The number of esters is 1. The molecule has 0 bridgehead atoms. The lowest BCUT2D eigenvalue weighted by molar-refractivity contribution is -0.275. The van der Waals surface area contributed by atoms with E-state index in [9.17, 15) is 26.6 Å². The van der Waals surface area contributed by atoms with Crippen molar-refractivity contribution in [2.75, 3.05) is 7.11 Å². The van der Waals surface area contributed by atoms with Gasteiger partial charge in [0.05, 0.1) is 35.3 Å². The predicted molar refractivity (Wildman–Crippen MR) is 83.5 cm³/mol. The molecular weight excluding hydrogens is 366 g/mol. The van der Waals surface area contributed by atoms with Crippen molar-refractivity contribution in [2.24, 2.45) is 0 Å². The number of carbonyl (C=O) groups is 1. The smallest absolute Gasteiger partial charge is 0.469 e. The van der Waals surface area contributed by atoms with Crippen LogP contribution in [0, 0.1) is 5.82 Å². The van der Waals surface area contributed by atoms with Gasteiger partial charge < -0.3 is 9.47 Å². The fourth-order valence-electron chi connectivity index (χ4n) is 1.72. The average Bonchev–Trinajstić information content (AvgIpc) is 2.46. The summed E-state index contributed by atoms with van der Waals surface area (Å²) < 4.78 is 73.0. The molecule has 1 N–H and O–H groups in total. The molecule has 0 amide bonds. The van der Waals surface area contributed by atoms with Crippen LogP contribution in [0.15, 0.2) is 18.2 Å². The molecule has 0 aliphatic rings. The van der Waals surface area contributed by atoms with E-state index in [0.717, 1.165) is 19.2 Å². The largest absolute Gasteiger partial charge is 0.573 e. The third-order valence-corrected chi connectivity index (χ3v) is 4.60. The number of carbonyl (C=O) groups excluding carboxylic acids is 1. The SMILES string of the molecule is COC(=O)C[C@H](NS(=O)C(C)(C)C)c1ccc(F)c(OC(F)(F)F)c1. The Morgan fingerprint density at radius 1 is 1.28 bits per heavy atom. The molecule has 2 atom stereocenters. The van der Waals surface area contributed by atoms with Crippen LogP contribution in [-0.2, 0) is 20.5 Å². The maximum Gasteiger partial charge on any atom is 0.573 e. The average molecular weight is 385 g/mol. The molecule has 0 saturated heterocycles. The summed E-state index contributed by atoms with van der Waals surface area (Å²) in [5, 5.41) is 0. The molecule has 10 heteroatoms. The highest BCUT2D eigenvalue weighted by Crippen LogP contribution is 2.30. The zero-order chi connectivity index (χ0) is 19.4. The van der Waals surface area contributed by atoms with E-state index in [1.165, 1.54) is 6.07 Å². The van der Waals surface area contributed by atoms with Gasteiger partial charge in [0.15, 0.2) is 11.6 Å². The second-order valence-electron chi connectivity index (χ2n) is 6.07. The first kappa shape index (κ1) is 21.4. The van der Waals surface area contributed by atoms with Crippen LogP contribution in [0.2, 0.25) is 0 Å². The summed E-state index contributed by atoms with van der Waals surface area (Å²) in [6.45, 7) is 5.02. The van der Waals surface area contributed by atoms with Crippen LogP contribution < -0.4 is 9.46 Å². The minimum atomic E-state index is -5.07. The summed E-state index contributed by atoms with van der Waals surface area (Å²) in [6, 6.07) is 1.81. The Morgan fingerprint density at radius 2 is 1.88 bits per heavy atom. The van der Waals surface area contributed by atoms with Crippen molar-refractivity contribution >= 4 is 17.0 Å². The number of rotatable bonds is 6. The number of benzene rings is 1. The van der Waals surface area contributed by atoms with E-state index in [2.05, 4.69) is 14.2 Å². The lowest BCUT2D eigenvalue weighted by Gasteiger charge is -2.24. The van der Waals surface area contributed by atoms with Crippen LogP contribution in [0.5, 0.6) is 5.75 Å². The van der Waals surface area contributed by atoms with Crippen molar-refractivity contribution < 1.29 is 36.0 Å². The number of nitrogens with one attached hydrogen (secondary N) is 1. The van der Waals surface area contributed by atoms with Gasteiger partial charge in [-0.3, -0.25) is 4.79 Å². The Balaban J connectivity index is 3.18. The van der Waals surface area contributed by atoms with E-state index in [4.69, 9.17) is 0 Å². The van der Waals surface area contributed by atoms with Crippen LogP contribution in [0.3, 0.4) is 0 Å². The van der Waals surface area contributed by atoms with E-state index >= 15 is 0 Å². The van der Waals surface area contributed by atoms with Crippen molar-refractivity contribution in [1.29, 1.82) is 0 Å². The summed E-state index contributed by atoms with van der Waals surface area (Å²) in [5.74, 6) is -2.93. The van der Waals surface area contributed by atoms with Gasteiger partial charge in [0.2, 0.25) is 0 Å². The lowest BCUT2D eigenvalue weighted by Crippen LogP contribution is -2.36. The van der Waals surface area contributed by atoms with Gasteiger partial charge in [-0.2, -0.15) is 0 Å². The molecule has 0 heterocycles. The first-order chi connectivity index (χ1) is 11.3. The maximum absolute atomic E-state index is 13.5. The fraction of sp³-hybridized carbons (Fsp3) is 0.533. The van der Waals surface area contributed by atoms with Gasteiger partial charge in [0.1, 0.15) is 0 Å². The summed E-state index contributed by atoms with van der Waals surface area (Å²) in [5.41, 5.74) is 0.101. The normalized spacial score (nSPS) is 14.7. The van der Waals surface area contributed by atoms with Crippen LogP contribution in [-0.4, -0.2) is 28.4 Å². The predicted octanol–water partition coefficient (Wildman–Crippen LogP) is 3.38. The Labute approximate surface area is 145 Å². The molecule has 0 aliphatic heterocycles. The molecule has 0 spiro atoms. The maximum atomic E-state index is 13.5. The minimum absolute atomic E-state index is 0.101. The van der Waals surface area contributed by atoms with E-state index in [1.807, 2.05) is 0 Å². The Kier molecular flexibility index (Phi) is 6.95. The first-order valence-corrected chi connectivity index (χ1v) is 8.28. The van der Waals surface area contributed by atoms with E-state index in [1.54, 1.807) is 20.8 Å². The van der Waals surface area contributed by atoms with Crippen molar-refractivity contribution in [3.8, 4) is 5.75 Å². The first-order valence-electron chi connectivity index (χ1n) is 7.13. The quantitative estimate of drug-likeness (QED) is 0.602. The van der Waals surface area contributed by atoms with Gasteiger partial charge in [-0.05, 0) is 38.5 Å². The van der Waals surface area contributed by atoms with Gasteiger partial charge in [-0.1, -0.05) is 6.07 Å². The Bertz CT molecular complexity index is 643. The highest BCUT2D eigenvalue weighted by Gasteiger charge is 2.33. The number of hydrogen-bond acceptors (Lipinski definition) is 4. The number of halogens is 4. The zero-order valence-corrected chi connectivity index (χ0v) is 14.9. The molecule has 0 aliphatic carbocycles. The molecule has 1 aromatic rings. The van der Waals surface area contributed by atoms with Gasteiger partial charge >= 0.3 is 12.3 Å². The van der Waals surface area contributed by atoms with E-state index in [-0.39, 0.29) is 12.0 Å². The molecule has 1 aromatic carbocycles. The molecule has 25 heavy (non-hydrogen) atoms. The molecule has 1 rings (SSSR count). The molecule has 142 valence electrons. The fourth-order valence-corrected chi connectivity index (χ4v) is 2.55. The molecule has 5 nitrogen and oxygen atoms in total. The second kappa shape index (κ2) is 8.13. The molecule has 0 saturated carbocycles. The molecule has 0 radical (unpaired) electrons. The third kappa shape index (κ3) is 6.99. The number of alkyl halides is 3. The van der Waals surface area contributed by atoms with Gasteiger partial charge in [0, 0.05) is 0 Å². The number of ether oxygens (including phenoxy) is 2. The summed E-state index contributed by atoms with van der Waals surface area (Å²) in [6.07, 6.45) is -5.38. The Hall–Kier alpha value is -1.68. The van der Waals surface area contributed by atoms with Gasteiger partial charge in [0.25, 0.3) is 0 Å². The van der Waals surface area contributed by atoms with Crippen molar-refractivity contribution in [3.63, 3.8) is 0 Å². The highest BCUT2D eigenvalue weighted by atomic mass is 32.2. The van der Waals surface area contributed by atoms with E-state index in [0.29, 0.717) is 0 Å². The van der Waals surface area contributed by atoms with Gasteiger partial charge in [-0.15, -0.1) is 13.2 Å². The standard InChI is InChI=1S/C15H19F4NO4S/c1-14(2,3)25(22)20-11(8-13(21)23-4)9-5-6-10(16)12(7-9)24-15(17,18)19/h5-7,11,20H,8H2,1-4H3/t11-,25?/m0/s1. The minimum Gasteiger partial charge on any atom is -0.469 e. The number of hydrogen-bond donors (Lipinski definition) is 1. The van der Waals surface area contributed by atoms with Crippen LogP contribution in [0.4, 0.5) is 17.6 Å². The monoisotopic (exact) mass is 385 g/mol. The van der Waals surface area contributed by atoms with Gasteiger partial charge in [-0.25, -0.2) is 13.3 Å². The summed E-state index contributed by atoms with van der Waals surface area (Å²) in [4.78, 5) is 11.6. The lowest BCUT2D eigenvalue weighted by atomic mass is 10.0. The Morgan fingerprint density at radius 3 is 2.36 bits per heavy atom. The van der Waals surface area contributed by atoms with Crippen LogP contribution >= 0.6 is 0 Å². The second-order valence-corrected chi connectivity index (χ2v) is 8.07. The zero-order valence-electron chi connectivity index (χ0n) is 14.1. The molecule has 0 fully saturated rings. The third-order valence-electron chi connectivity index (χ3n) is 2.99. The molecule has 1 unspecified atom stereocenters. The summed E-state index contributed by atoms with van der Waals surface area (Å²) >= 11 is 0.